The zero-order valence-corrected chi connectivity index (χ0v) is 20.8. The number of amides is 1. The third-order valence-corrected chi connectivity index (χ3v) is 6.18. The van der Waals surface area contributed by atoms with Crippen LogP contribution in [0, 0.1) is 12.8 Å². The van der Waals surface area contributed by atoms with E-state index < -0.39 is 0 Å². The Hall–Kier alpha value is -3.14. The Kier molecular flexibility index (Phi) is 7.06. The first-order valence-electron chi connectivity index (χ1n) is 12.0. The molecule has 0 bridgehead atoms. The summed E-state index contributed by atoms with van der Waals surface area (Å²) in [7, 11) is 0. The summed E-state index contributed by atoms with van der Waals surface area (Å²) in [4.78, 5) is 37.5. The lowest BCUT2D eigenvalue weighted by atomic mass is 9.99. The van der Waals surface area contributed by atoms with Gasteiger partial charge >= 0.3 is 0 Å². The van der Waals surface area contributed by atoms with E-state index in [2.05, 4.69) is 46.0 Å². The molecule has 0 aromatic carbocycles. The predicted octanol–water partition coefficient (Wildman–Crippen LogP) is 3.07. The van der Waals surface area contributed by atoms with Crippen LogP contribution in [0.1, 0.15) is 46.9 Å². The van der Waals surface area contributed by atoms with Gasteiger partial charge in [-0.2, -0.15) is 0 Å². The predicted molar refractivity (Wildman–Crippen MR) is 130 cm³/mol. The summed E-state index contributed by atoms with van der Waals surface area (Å²) < 4.78 is 7.81. The minimum absolute atomic E-state index is 0.0434. The van der Waals surface area contributed by atoms with Crippen molar-refractivity contribution < 1.29 is 9.53 Å². The molecule has 1 fully saturated rings. The Morgan fingerprint density at radius 3 is 2.44 bits per heavy atom. The maximum atomic E-state index is 13.1. The molecule has 0 unspecified atom stereocenters. The monoisotopic (exact) mass is 466 g/mol. The highest BCUT2D eigenvalue weighted by molar-refractivity contribution is 5.87. The fourth-order valence-electron chi connectivity index (χ4n) is 4.40. The Bertz CT molecular complexity index is 1130. The molecular formula is C24H34N8O2. The van der Waals surface area contributed by atoms with Crippen LogP contribution in [-0.2, 0) is 16.1 Å². The normalized spacial score (nSPS) is 19.6. The summed E-state index contributed by atoms with van der Waals surface area (Å²) in [5.41, 5.74) is 2.23. The number of nitrogens with one attached hydrogen (secondary N) is 1. The van der Waals surface area contributed by atoms with Crippen LogP contribution in [0.3, 0.4) is 0 Å². The third kappa shape index (κ3) is 5.01. The molecule has 1 aliphatic rings. The molecular weight excluding hydrogens is 432 g/mol. The first-order chi connectivity index (χ1) is 16.3. The number of ether oxygens (including phenoxy) is 1. The van der Waals surface area contributed by atoms with Crippen molar-refractivity contribution in [2.45, 2.75) is 72.8 Å². The van der Waals surface area contributed by atoms with E-state index in [1.165, 1.54) is 0 Å². The van der Waals surface area contributed by atoms with Crippen LogP contribution in [0.2, 0.25) is 0 Å². The number of hydrogen-bond donors (Lipinski definition) is 1. The first-order valence-corrected chi connectivity index (χ1v) is 12.0. The summed E-state index contributed by atoms with van der Waals surface area (Å²) in [6.07, 6.45) is 5.55. The van der Waals surface area contributed by atoms with Gasteiger partial charge in [0, 0.05) is 44.5 Å². The zero-order chi connectivity index (χ0) is 24.4. The fraction of sp³-hybridized carbons (Fsp3) is 0.583. The Morgan fingerprint density at radius 1 is 1.15 bits per heavy atom. The van der Waals surface area contributed by atoms with Gasteiger partial charge in [0.05, 0.1) is 17.8 Å². The van der Waals surface area contributed by atoms with Gasteiger partial charge in [-0.25, -0.2) is 24.9 Å². The van der Waals surface area contributed by atoms with E-state index in [1.54, 1.807) is 18.7 Å². The average Bonchev–Trinajstić information content (AvgIpc) is 3.18. The number of morpholine rings is 1. The Balaban J connectivity index is 1.61. The highest BCUT2D eigenvalue weighted by Gasteiger charge is 2.29. The zero-order valence-electron chi connectivity index (χ0n) is 20.8. The van der Waals surface area contributed by atoms with Crippen molar-refractivity contribution in [3.8, 4) is 11.4 Å². The van der Waals surface area contributed by atoms with E-state index in [9.17, 15) is 4.79 Å². The van der Waals surface area contributed by atoms with Gasteiger partial charge in [-0.1, -0.05) is 13.8 Å². The molecule has 0 radical (unpaired) electrons. The minimum atomic E-state index is -0.100. The molecule has 3 aromatic rings. The lowest BCUT2D eigenvalue weighted by Gasteiger charge is -2.36. The van der Waals surface area contributed by atoms with Crippen molar-refractivity contribution in [2.24, 2.45) is 5.92 Å². The summed E-state index contributed by atoms with van der Waals surface area (Å²) in [6, 6.07) is -0.100. The van der Waals surface area contributed by atoms with E-state index in [4.69, 9.17) is 9.72 Å². The third-order valence-electron chi connectivity index (χ3n) is 6.18. The molecule has 4 rings (SSSR count). The number of nitrogens with zero attached hydrogens (tertiary/aromatic N) is 7. The van der Waals surface area contributed by atoms with Crippen LogP contribution in [0.15, 0.2) is 18.7 Å². The van der Waals surface area contributed by atoms with Gasteiger partial charge in [0.1, 0.15) is 18.0 Å². The highest BCUT2D eigenvalue weighted by Crippen LogP contribution is 2.27. The number of hydrogen-bond acceptors (Lipinski definition) is 8. The lowest BCUT2D eigenvalue weighted by Crippen LogP contribution is -2.49. The van der Waals surface area contributed by atoms with Gasteiger partial charge in [-0.3, -0.25) is 4.79 Å². The van der Waals surface area contributed by atoms with Gasteiger partial charge in [0.2, 0.25) is 5.91 Å². The molecule has 0 spiro atoms. The second-order valence-electron chi connectivity index (χ2n) is 9.35. The molecule has 3 aromatic heterocycles. The van der Waals surface area contributed by atoms with E-state index in [0.29, 0.717) is 43.2 Å². The fourth-order valence-corrected chi connectivity index (χ4v) is 4.40. The van der Waals surface area contributed by atoms with E-state index in [1.807, 2.05) is 30.2 Å². The van der Waals surface area contributed by atoms with Gasteiger partial charge in [-0.05, 0) is 33.6 Å². The molecule has 1 saturated heterocycles. The van der Waals surface area contributed by atoms with Crippen LogP contribution >= 0.6 is 0 Å². The molecule has 34 heavy (non-hydrogen) atoms. The number of aryl methyl sites for hydroxylation is 2. The molecule has 10 nitrogen and oxygen atoms in total. The lowest BCUT2D eigenvalue weighted by molar-refractivity contribution is -0.143. The SMILES string of the molecule is CCn1c(-c2cnc(C)nc2)nc2c(N[C@H](CC(=O)N3C[C@@H](C)O[C@@H](C)C3)C(C)C)ncnc21. The Morgan fingerprint density at radius 2 is 1.82 bits per heavy atom. The maximum Gasteiger partial charge on any atom is 0.224 e. The van der Waals surface area contributed by atoms with E-state index >= 15 is 0 Å². The van der Waals surface area contributed by atoms with Crippen LogP contribution in [0.25, 0.3) is 22.6 Å². The average molecular weight is 467 g/mol. The number of carbonyl (C=O) groups is 1. The van der Waals surface area contributed by atoms with E-state index in [0.717, 1.165) is 17.0 Å². The summed E-state index contributed by atoms with van der Waals surface area (Å²) in [6.45, 7) is 14.1. The van der Waals surface area contributed by atoms with Crippen molar-refractivity contribution in [1.82, 2.24) is 34.4 Å². The van der Waals surface area contributed by atoms with Gasteiger partial charge in [0.15, 0.2) is 17.0 Å². The number of aromatic nitrogens is 6. The number of anilines is 1. The van der Waals surface area contributed by atoms with Gasteiger partial charge in [0.25, 0.3) is 0 Å². The Labute approximate surface area is 200 Å². The van der Waals surface area contributed by atoms with Crippen molar-refractivity contribution >= 4 is 22.9 Å². The molecule has 4 heterocycles. The highest BCUT2D eigenvalue weighted by atomic mass is 16.5. The molecule has 0 saturated carbocycles. The van der Waals surface area contributed by atoms with Gasteiger partial charge in [-0.15, -0.1) is 0 Å². The number of imidazole rings is 1. The quantitative estimate of drug-likeness (QED) is 0.566. The number of carbonyl (C=O) groups excluding carboxylic acids is 1. The van der Waals surface area contributed by atoms with Crippen molar-refractivity contribution in [2.75, 3.05) is 18.4 Å². The topological polar surface area (TPSA) is 111 Å². The van der Waals surface area contributed by atoms with Gasteiger partial charge < -0.3 is 19.5 Å². The van der Waals surface area contributed by atoms with Crippen LogP contribution in [0.4, 0.5) is 5.82 Å². The summed E-state index contributed by atoms with van der Waals surface area (Å²) >= 11 is 0. The summed E-state index contributed by atoms with van der Waals surface area (Å²) in [5.74, 6) is 2.41. The van der Waals surface area contributed by atoms with E-state index in [-0.39, 0.29) is 30.1 Å². The number of fused-ring (bicyclic) bond motifs is 1. The van der Waals surface area contributed by atoms with Crippen molar-refractivity contribution in [3.05, 3.63) is 24.5 Å². The molecule has 182 valence electrons. The molecule has 10 heteroatoms. The smallest absolute Gasteiger partial charge is 0.224 e. The van der Waals surface area contributed by atoms with Crippen LogP contribution in [0.5, 0.6) is 0 Å². The molecule has 1 amide bonds. The molecule has 1 aliphatic heterocycles. The molecule has 1 N–H and O–H groups in total. The number of rotatable bonds is 7. The maximum absolute atomic E-state index is 13.1. The van der Waals surface area contributed by atoms with Crippen LogP contribution in [-0.4, -0.2) is 71.6 Å². The first kappa shape index (κ1) is 24.0. The van der Waals surface area contributed by atoms with Crippen molar-refractivity contribution in [3.63, 3.8) is 0 Å². The summed E-state index contributed by atoms with van der Waals surface area (Å²) in [5, 5.41) is 3.50. The standard InChI is InChI=1S/C24H34N8O2/c1-7-32-23(18-9-25-17(6)26-10-18)30-21-22(27-13-28-24(21)32)29-19(14(2)3)8-20(33)31-11-15(4)34-16(5)12-31/h9-10,13-16,19H,7-8,11-12H2,1-6H3,(H,27,28,29)/t15-,16+,19-/m1/s1. The molecule has 0 aliphatic carbocycles. The second kappa shape index (κ2) is 10.0. The van der Waals surface area contributed by atoms with Crippen molar-refractivity contribution in [1.29, 1.82) is 0 Å². The largest absolute Gasteiger partial charge is 0.372 e. The van der Waals surface area contributed by atoms with Crippen LogP contribution < -0.4 is 5.32 Å². The second-order valence-corrected chi connectivity index (χ2v) is 9.35. The molecule has 3 atom stereocenters. The minimum Gasteiger partial charge on any atom is -0.372 e.